The van der Waals surface area contributed by atoms with E-state index in [1.54, 1.807) is 0 Å². The first-order valence-corrected chi connectivity index (χ1v) is 11.3. The van der Waals surface area contributed by atoms with Gasteiger partial charge in [0.1, 0.15) is 0 Å². The number of halogens is 2. The fourth-order valence-corrected chi connectivity index (χ4v) is 5.64. The number of esters is 1. The summed E-state index contributed by atoms with van der Waals surface area (Å²) in [6.45, 7) is 3.04. The van der Waals surface area contributed by atoms with E-state index < -0.39 is 33.2 Å². The van der Waals surface area contributed by atoms with Crippen molar-refractivity contribution in [3.8, 4) is 0 Å². The topological polar surface area (TPSA) is 110 Å². The molecule has 11 heteroatoms. The van der Waals surface area contributed by atoms with Gasteiger partial charge < -0.3 is 10.1 Å². The van der Waals surface area contributed by atoms with Crippen molar-refractivity contribution in [3.63, 3.8) is 0 Å². The molecule has 0 spiro atoms. The molecule has 1 aliphatic rings. The lowest BCUT2D eigenvalue weighted by Gasteiger charge is -2.19. The van der Waals surface area contributed by atoms with Crippen LogP contribution in [0.4, 0.5) is 11.4 Å². The Labute approximate surface area is 189 Å². The van der Waals surface area contributed by atoms with Crippen molar-refractivity contribution < 1.29 is 27.5 Å². The average Bonchev–Trinajstić information content (AvgIpc) is 2.85. The Balaban J connectivity index is 1.97. The van der Waals surface area contributed by atoms with Crippen LogP contribution in [0.5, 0.6) is 0 Å². The zero-order valence-electron chi connectivity index (χ0n) is 16.7. The van der Waals surface area contributed by atoms with E-state index in [4.69, 9.17) is 23.2 Å². The van der Waals surface area contributed by atoms with E-state index in [1.807, 2.05) is 0 Å². The summed E-state index contributed by atoms with van der Waals surface area (Å²) in [6.07, 6.45) is 0. The van der Waals surface area contributed by atoms with Crippen molar-refractivity contribution in [1.82, 2.24) is 0 Å². The van der Waals surface area contributed by atoms with Crippen molar-refractivity contribution in [3.05, 3.63) is 57.6 Å². The number of benzene rings is 2. The van der Waals surface area contributed by atoms with Gasteiger partial charge in [-0.25, -0.2) is 17.5 Å². The SMILES string of the molecule is COC(=O)c1ccc(Cl)c(NC(=O)c2ccc(Cl)c(N3C(=O)C(C)(C)CS3(=O)=O)c2)c1. The summed E-state index contributed by atoms with van der Waals surface area (Å²) >= 11 is 12.3. The Morgan fingerprint density at radius 3 is 2.26 bits per heavy atom. The molecule has 0 bridgehead atoms. The summed E-state index contributed by atoms with van der Waals surface area (Å²) in [5.74, 6) is -2.27. The molecular weight excluding hydrogens is 467 g/mol. The second-order valence-electron chi connectivity index (χ2n) is 7.52. The Morgan fingerprint density at radius 2 is 1.68 bits per heavy atom. The number of ether oxygens (including phenoxy) is 1. The molecule has 1 heterocycles. The summed E-state index contributed by atoms with van der Waals surface area (Å²) in [7, 11) is -2.73. The molecule has 3 rings (SSSR count). The summed E-state index contributed by atoms with van der Waals surface area (Å²) in [4.78, 5) is 37.2. The van der Waals surface area contributed by atoms with Gasteiger partial charge in [0.2, 0.25) is 15.9 Å². The van der Waals surface area contributed by atoms with E-state index in [9.17, 15) is 22.8 Å². The number of methoxy groups -OCH3 is 1. The number of rotatable bonds is 4. The number of carbonyl (C=O) groups excluding carboxylic acids is 3. The third kappa shape index (κ3) is 4.39. The van der Waals surface area contributed by atoms with Gasteiger partial charge in [0.05, 0.1) is 45.3 Å². The maximum atomic E-state index is 12.8. The van der Waals surface area contributed by atoms with Crippen LogP contribution in [0, 0.1) is 5.41 Å². The number of amides is 2. The minimum atomic E-state index is -3.95. The number of sulfonamides is 1. The smallest absolute Gasteiger partial charge is 0.337 e. The molecule has 2 aromatic carbocycles. The van der Waals surface area contributed by atoms with Crippen LogP contribution in [0.25, 0.3) is 0 Å². The van der Waals surface area contributed by atoms with Crippen molar-refractivity contribution in [2.45, 2.75) is 13.8 Å². The van der Waals surface area contributed by atoms with Crippen molar-refractivity contribution in [2.24, 2.45) is 5.41 Å². The van der Waals surface area contributed by atoms with Crippen molar-refractivity contribution >= 4 is 62.4 Å². The first-order valence-electron chi connectivity index (χ1n) is 8.93. The van der Waals surface area contributed by atoms with Gasteiger partial charge in [-0.3, -0.25) is 9.59 Å². The van der Waals surface area contributed by atoms with Gasteiger partial charge in [-0.05, 0) is 50.2 Å². The van der Waals surface area contributed by atoms with Gasteiger partial charge in [0.15, 0.2) is 0 Å². The molecule has 8 nitrogen and oxygen atoms in total. The highest BCUT2D eigenvalue weighted by Crippen LogP contribution is 2.39. The first kappa shape index (κ1) is 23.1. The number of hydrogen-bond acceptors (Lipinski definition) is 6. The summed E-state index contributed by atoms with van der Waals surface area (Å²) in [5.41, 5.74) is -0.875. The minimum Gasteiger partial charge on any atom is -0.465 e. The second-order valence-corrected chi connectivity index (χ2v) is 10.1. The van der Waals surface area contributed by atoms with Crippen LogP contribution >= 0.6 is 23.2 Å². The van der Waals surface area contributed by atoms with Gasteiger partial charge in [0, 0.05) is 5.56 Å². The van der Waals surface area contributed by atoms with Crippen LogP contribution < -0.4 is 9.62 Å². The van der Waals surface area contributed by atoms with Crippen LogP contribution in [0.3, 0.4) is 0 Å². The third-order valence-corrected chi connectivity index (χ3v) is 7.30. The third-order valence-electron chi connectivity index (χ3n) is 4.65. The summed E-state index contributed by atoms with van der Waals surface area (Å²) in [5, 5.41) is 2.73. The van der Waals surface area contributed by atoms with Crippen LogP contribution in [0.15, 0.2) is 36.4 Å². The van der Waals surface area contributed by atoms with Gasteiger partial charge in [0.25, 0.3) is 5.91 Å². The maximum Gasteiger partial charge on any atom is 0.337 e. The number of nitrogens with zero attached hydrogens (tertiary/aromatic N) is 1. The lowest BCUT2D eigenvalue weighted by molar-refractivity contribution is -0.123. The normalized spacial score (nSPS) is 16.8. The van der Waals surface area contributed by atoms with Crippen molar-refractivity contribution in [2.75, 3.05) is 22.5 Å². The molecule has 0 aromatic heterocycles. The van der Waals surface area contributed by atoms with Crippen molar-refractivity contribution in [1.29, 1.82) is 0 Å². The van der Waals surface area contributed by atoms with Gasteiger partial charge in [-0.15, -0.1) is 0 Å². The quantitative estimate of drug-likeness (QED) is 0.661. The highest BCUT2D eigenvalue weighted by molar-refractivity contribution is 7.94. The lowest BCUT2D eigenvalue weighted by atomic mass is 9.95. The molecule has 164 valence electrons. The largest absolute Gasteiger partial charge is 0.465 e. The molecule has 1 fully saturated rings. The zero-order chi connectivity index (χ0) is 23.1. The van der Waals surface area contributed by atoms with E-state index in [-0.39, 0.29) is 38.3 Å². The molecule has 31 heavy (non-hydrogen) atoms. The van der Waals surface area contributed by atoms with E-state index >= 15 is 0 Å². The Hall–Kier alpha value is -2.62. The van der Waals surface area contributed by atoms with Gasteiger partial charge >= 0.3 is 5.97 Å². The molecule has 0 atom stereocenters. The molecule has 2 amide bonds. The predicted octanol–water partition coefficient (Wildman–Crippen LogP) is 3.73. The van der Waals surface area contributed by atoms with Gasteiger partial charge in [-0.2, -0.15) is 0 Å². The van der Waals surface area contributed by atoms with E-state index in [0.717, 1.165) is 0 Å². The highest BCUT2D eigenvalue weighted by Gasteiger charge is 2.50. The molecule has 0 saturated carbocycles. The molecule has 0 aliphatic carbocycles. The van der Waals surface area contributed by atoms with E-state index in [1.165, 1.54) is 57.4 Å². The van der Waals surface area contributed by atoms with Crippen LogP contribution in [-0.4, -0.2) is 39.1 Å². The highest BCUT2D eigenvalue weighted by atomic mass is 35.5. The molecular formula is C20H18Cl2N2O6S. The Morgan fingerprint density at radius 1 is 1.06 bits per heavy atom. The lowest BCUT2D eigenvalue weighted by Crippen LogP contribution is -2.33. The molecule has 0 radical (unpaired) electrons. The average molecular weight is 485 g/mol. The van der Waals surface area contributed by atoms with Gasteiger partial charge in [-0.1, -0.05) is 23.2 Å². The standard InChI is InChI=1S/C20H18Cl2N2O6S/c1-20(2)10-31(28,29)24(19(20)27)16-9-11(4-7-14(16)22)17(25)23-15-8-12(18(26)30-3)5-6-13(15)21/h4-9H,10H2,1-3H3,(H,23,25). The minimum absolute atomic E-state index is 0.00287. The Kier molecular flexibility index (Phi) is 6.05. The molecule has 1 aliphatic heterocycles. The van der Waals surface area contributed by atoms with E-state index in [0.29, 0.717) is 4.31 Å². The zero-order valence-corrected chi connectivity index (χ0v) is 19.1. The van der Waals surface area contributed by atoms with Crippen LogP contribution in [0.1, 0.15) is 34.6 Å². The molecule has 1 saturated heterocycles. The number of nitrogens with one attached hydrogen (secondary N) is 1. The number of hydrogen-bond donors (Lipinski definition) is 1. The monoisotopic (exact) mass is 484 g/mol. The van der Waals surface area contributed by atoms with Crippen LogP contribution in [0.2, 0.25) is 10.0 Å². The number of anilines is 2. The fourth-order valence-electron chi connectivity index (χ4n) is 3.11. The molecule has 2 aromatic rings. The number of carbonyl (C=O) groups is 3. The van der Waals surface area contributed by atoms with Crippen LogP contribution in [-0.2, 0) is 19.6 Å². The fraction of sp³-hybridized carbons (Fsp3) is 0.250. The second kappa shape index (κ2) is 8.14. The predicted molar refractivity (Wildman–Crippen MR) is 117 cm³/mol. The first-order chi connectivity index (χ1) is 14.4. The summed E-state index contributed by atoms with van der Waals surface area (Å²) < 4.78 is 30.4. The Bertz CT molecular complexity index is 1210. The maximum absolute atomic E-state index is 12.8. The molecule has 1 N–H and O–H groups in total. The molecule has 0 unspecified atom stereocenters. The van der Waals surface area contributed by atoms with E-state index in [2.05, 4.69) is 10.1 Å². The summed E-state index contributed by atoms with van der Waals surface area (Å²) in [6, 6.07) is 8.13.